The van der Waals surface area contributed by atoms with Crippen LogP contribution in [-0.2, 0) is 4.79 Å². The molecule has 84 valence electrons. The van der Waals surface area contributed by atoms with Crippen LogP contribution in [0.4, 0.5) is 0 Å². The van der Waals surface area contributed by atoms with Gasteiger partial charge in [0.15, 0.2) is 5.78 Å². The molecule has 0 unspecified atom stereocenters. The zero-order valence-electron chi connectivity index (χ0n) is 9.58. The first-order valence-electron chi connectivity index (χ1n) is 5.63. The summed E-state index contributed by atoms with van der Waals surface area (Å²) in [6.45, 7) is 6.60. The van der Waals surface area contributed by atoms with Crippen molar-refractivity contribution >= 4 is 17.5 Å². The van der Waals surface area contributed by atoms with Crippen LogP contribution in [0.1, 0.15) is 26.7 Å². The number of allylic oxidation sites excluding steroid dienone is 2. The van der Waals surface area contributed by atoms with Gasteiger partial charge >= 0.3 is 0 Å². The van der Waals surface area contributed by atoms with E-state index < -0.39 is 0 Å². The number of nitrogens with zero attached hydrogens (tertiary/aromatic N) is 1. The normalized spacial score (nSPS) is 26.4. The minimum atomic E-state index is 0.158. The molecule has 0 aromatic rings. The van der Waals surface area contributed by atoms with Crippen LogP contribution in [0.3, 0.4) is 0 Å². The standard InChI is InChI=1S/C12H19NOS/c1-12(2)8-10(7-11(14)9-12)13-3-5-15-6-4-13/h7H,3-6,8-9H2,1-2H3. The van der Waals surface area contributed by atoms with Crippen molar-refractivity contribution in [2.75, 3.05) is 24.6 Å². The fraction of sp³-hybridized carbons (Fsp3) is 0.750. The predicted octanol–water partition coefficient (Wildman–Crippen LogP) is 2.31. The minimum absolute atomic E-state index is 0.158. The van der Waals surface area contributed by atoms with Gasteiger partial charge in [-0.1, -0.05) is 13.8 Å². The summed E-state index contributed by atoms with van der Waals surface area (Å²) in [7, 11) is 0. The van der Waals surface area contributed by atoms with Gasteiger partial charge in [-0.2, -0.15) is 11.8 Å². The molecule has 15 heavy (non-hydrogen) atoms. The number of thioether (sulfide) groups is 1. The van der Waals surface area contributed by atoms with Crippen molar-refractivity contribution in [3.8, 4) is 0 Å². The summed E-state index contributed by atoms with van der Waals surface area (Å²) < 4.78 is 0. The van der Waals surface area contributed by atoms with E-state index in [1.807, 2.05) is 17.8 Å². The highest BCUT2D eigenvalue weighted by Gasteiger charge is 2.30. The van der Waals surface area contributed by atoms with Crippen LogP contribution in [0.25, 0.3) is 0 Å². The highest BCUT2D eigenvalue weighted by Crippen LogP contribution is 2.35. The number of carbonyl (C=O) groups is 1. The third kappa shape index (κ3) is 2.77. The van der Waals surface area contributed by atoms with Crippen molar-refractivity contribution in [3.05, 3.63) is 11.8 Å². The van der Waals surface area contributed by atoms with Crippen molar-refractivity contribution in [3.63, 3.8) is 0 Å². The maximum atomic E-state index is 11.6. The van der Waals surface area contributed by atoms with Crippen molar-refractivity contribution in [2.24, 2.45) is 5.41 Å². The lowest BCUT2D eigenvalue weighted by Gasteiger charge is -2.37. The molecule has 2 rings (SSSR count). The van der Waals surface area contributed by atoms with E-state index in [4.69, 9.17) is 0 Å². The van der Waals surface area contributed by atoms with E-state index in [0.717, 1.165) is 19.5 Å². The van der Waals surface area contributed by atoms with E-state index in [1.165, 1.54) is 17.2 Å². The Balaban J connectivity index is 2.10. The smallest absolute Gasteiger partial charge is 0.157 e. The molecule has 0 radical (unpaired) electrons. The Morgan fingerprint density at radius 1 is 1.27 bits per heavy atom. The summed E-state index contributed by atoms with van der Waals surface area (Å²) >= 11 is 2.01. The lowest BCUT2D eigenvalue weighted by Crippen LogP contribution is -2.36. The molecule has 1 saturated heterocycles. The number of ketones is 1. The average Bonchev–Trinajstić information content (AvgIpc) is 2.16. The summed E-state index contributed by atoms with van der Waals surface area (Å²) in [6.07, 6.45) is 3.64. The minimum Gasteiger partial charge on any atom is -0.373 e. The van der Waals surface area contributed by atoms with Crippen molar-refractivity contribution in [1.29, 1.82) is 0 Å². The maximum Gasteiger partial charge on any atom is 0.157 e. The van der Waals surface area contributed by atoms with Crippen LogP contribution in [0.15, 0.2) is 11.8 Å². The molecule has 2 nitrogen and oxygen atoms in total. The second-order valence-electron chi connectivity index (χ2n) is 5.22. The molecule has 0 aromatic carbocycles. The molecule has 2 aliphatic rings. The Morgan fingerprint density at radius 2 is 1.93 bits per heavy atom. The Labute approximate surface area is 96.1 Å². The molecule has 0 aromatic heterocycles. The first-order chi connectivity index (χ1) is 7.07. The molecule has 0 bridgehead atoms. The average molecular weight is 225 g/mol. The van der Waals surface area contributed by atoms with Gasteiger partial charge in [-0.15, -0.1) is 0 Å². The van der Waals surface area contributed by atoms with E-state index in [-0.39, 0.29) is 5.41 Å². The summed E-state index contributed by atoms with van der Waals surface area (Å²) in [6, 6.07) is 0. The molecule has 0 saturated carbocycles. The van der Waals surface area contributed by atoms with Crippen LogP contribution in [-0.4, -0.2) is 35.3 Å². The summed E-state index contributed by atoms with van der Waals surface area (Å²) in [5, 5.41) is 0. The second kappa shape index (κ2) is 4.20. The molecule has 1 aliphatic heterocycles. The van der Waals surface area contributed by atoms with E-state index >= 15 is 0 Å². The largest absolute Gasteiger partial charge is 0.373 e. The lowest BCUT2D eigenvalue weighted by atomic mass is 9.78. The van der Waals surface area contributed by atoms with Crippen LogP contribution in [0, 0.1) is 5.41 Å². The number of hydrogen-bond acceptors (Lipinski definition) is 3. The summed E-state index contributed by atoms with van der Waals surface area (Å²) in [4.78, 5) is 14.0. The number of hydrogen-bond donors (Lipinski definition) is 0. The Bertz CT molecular complexity index is 290. The third-order valence-electron chi connectivity index (χ3n) is 3.06. The van der Waals surface area contributed by atoms with Gasteiger partial charge in [0, 0.05) is 42.8 Å². The maximum absolute atomic E-state index is 11.6. The first-order valence-corrected chi connectivity index (χ1v) is 6.78. The van der Waals surface area contributed by atoms with E-state index in [9.17, 15) is 4.79 Å². The third-order valence-corrected chi connectivity index (χ3v) is 4.00. The highest BCUT2D eigenvalue weighted by atomic mass is 32.2. The van der Waals surface area contributed by atoms with Crippen LogP contribution in [0.2, 0.25) is 0 Å². The van der Waals surface area contributed by atoms with E-state index in [0.29, 0.717) is 12.2 Å². The molecule has 0 N–H and O–H groups in total. The van der Waals surface area contributed by atoms with Crippen molar-refractivity contribution in [2.45, 2.75) is 26.7 Å². The predicted molar refractivity (Wildman–Crippen MR) is 65.0 cm³/mol. The van der Waals surface area contributed by atoms with Gasteiger partial charge in [-0.3, -0.25) is 4.79 Å². The molecule has 1 aliphatic carbocycles. The van der Waals surface area contributed by atoms with Gasteiger partial charge in [-0.25, -0.2) is 0 Å². The zero-order valence-corrected chi connectivity index (χ0v) is 10.4. The number of carbonyl (C=O) groups excluding carboxylic acids is 1. The molecule has 0 amide bonds. The topological polar surface area (TPSA) is 20.3 Å². The van der Waals surface area contributed by atoms with Gasteiger partial charge in [0.2, 0.25) is 0 Å². The number of rotatable bonds is 1. The first kappa shape index (κ1) is 11.1. The Hall–Kier alpha value is -0.440. The summed E-state index contributed by atoms with van der Waals surface area (Å²) in [5.41, 5.74) is 1.43. The van der Waals surface area contributed by atoms with Crippen LogP contribution in [0.5, 0.6) is 0 Å². The zero-order chi connectivity index (χ0) is 10.9. The van der Waals surface area contributed by atoms with Gasteiger partial charge in [0.25, 0.3) is 0 Å². The molecular weight excluding hydrogens is 206 g/mol. The molecule has 1 fully saturated rings. The van der Waals surface area contributed by atoms with E-state index in [2.05, 4.69) is 18.7 Å². The highest BCUT2D eigenvalue weighted by molar-refractivity contribution is 7.99. The van der Waals surface area contributed by atoms with Gasteiger partial charge in [0.1, 0.15) is 0 Å². The quantitative estimate of drug-likeness (QED) is 0.683. The molecule has 3 heteroatoms. The second-order valence-corrected chi connectivity index (χ2v) is 6.44. The molecule has 0 atom stereocenters. The van der Waals surface area contributed by atoms with Crippen LogP contribution < -0.4 is 0 Å². The van der Waals surface area contributed by atoms with Gasteiger partial charge in [-0.05, 0) is 11.8 Å². The lowest BCUT2D eigenvalue weighted by molar-refractivity contribution is -0.117. The fourth-order valence-electron chi connectivity index (χ4n) is 2.37. The molecule has 1 heterocycles. The molecular formula is C12H19NOS. The van der Waals surface area contributed by atoms with Crippen molar-refractivity contribution in [1.82, 2.24) is 4.90 Å². The van der Waals surface area contributed by atoms with Gasteiger partial charge < -0.3 is 4.90 Å². The van der Waals surface area contributed by atoms with E-state index in [1.54, 1.807) is 0 Å². The van der Waals surface area contributed by atoms with Crippen molar-refractivity contribution < 1.29 is 4.79 Å². The van der Waals surface area contributed by atoms with Gasteiger partial charge in [0.05, 0.1) is 0 Å². The molecule has 0 spiro atoms. The SMILES string of the molecule is CC1(C)CC(=O)C=C(N2CCSCC2)C1. The fourth-order valence-corrected chi connectivity index (χ4v) is 3.27. The van der Waals surface area contributed by atoms with Crippen LogP contribution >= 0.6 is 11.8 Å². The Kier molecular flexibility index (Phi) is 3.10. The monoisotopic (exact) mass is 225 g/mol. The Morgan fingerprint density at radius 3 is 2.53 bits per heavy atom. The summed E-state index contributed by atoms with van der Waals surface area (Å²) in [5.74, 6) is 2.71.